The molecule has 18 heavy (non-hydrogen) atoms. The molecule has 1 aromatic rings. The summed E-state index contributed by atoms with van der Waals surface area (Å²) in [4.78, 5) is 2.65. The Balaban J connectivity index is 2.17. The molecular weight excluding hydrogens is 222 g/mol. The first kappa shape index (κ1) is 13.4. The van der Waals surface area contributed by atoms with Crippen molar-refractivity contribution in [1.29, 1.82) is 0 Å². The third-order valence-electron chi connectivity index (χ3n) is 4.22. The van der Waals surface area contributed by atoms with Crippen LogP contribution in [0.3, 0.4) is 0 Å². The van der Waals surface area contributed by atoms with Gasteiger partial charge >= 0.3 is 0 Å². The molecule has 1 atom stereocenters. The van der Waals surface area contributed by atoms with Gasteiger partial charge in [0.25, 0.3) is 0 Å². The van der Waals surface area contributed by atoms with E-state index in [0.717, 1.165) is 19.0 Å². The van der Waals surface area contributed by atoms with Gasteiger partial charge in [-0.1, -0.05) is 38.8 Å². The average molecular weight is 247 g/mol. The lowest BCUT2D eigenvalue weighted by molar-refractivity contribution is 0.139. The molecule has 1 aliphatic carbocycles. The zero-order chi connectivity index (χ0) is 13.0. The number of phenolic OH excluding ortho intramolecular Hbond substituents is 1. The maximum absolute atomic E-state index is 9.40. The van der Waals surface area contributed by atoms with Crippen LogP contribution < -0.4 is 0 Å². The Hall–Kier alpha value is -1.02. The van der Waals surface area contributed by atoms with Crippen molar-refractivity contribution in [1.82, 2.24) is 4.90 Å². The Bertz CT molecular complexity index is 354. The van der Waals surface area contributed by atoms with Gasteiger partial charge in [-0.2, -0.15) is 0 Å². The molecule has 0 saturated heterocycles. The smallest absolute Gasteiger partial charge is 0.115 e. The minimum absolute atomic E-state index is 0.359. The number of aromatic hydroxyl groups is 1. The number of nitrogens with zero attached hydrogens (tertiary/aromatic N) is 1. The van der Waals surface area contributed by atoms with Crippen LogP contribution in [0.4, 0.5) is 0 Å². The van der Waals surface area contributed by atoms with Crippen molar-refractivity contribution in [2.24, 2.45) is 0 Å². The topological polar surface area (TPSA) is 23.5 Å². The molecule has 0 amide bonds. The standard InChI is InChI=1S/C16H25NO/c1-3-16(13-9-11-15(18)12-10-13)17(4-2)14-7-5-6-8-14/h9-12,14,16,18H,3-8H2,1-2H3. The Labute approximate surface area is 111 Å². The van der Waals surface area contributed by atoms with Crippen LogP contribution in [0.5, 0.6) is 5.75 Å². The predicted octanol–water partition coefficient (Wildman–Crippen LogP) is 4.11. The molecule has 0 radical (unpaired) electrons. The van der Waals surface area contributed by atoms with Crippen molar-refractivity contribution < 1.29 is 5.11 Å². The first-order valence-corrected chi connectivity index (χ1v) is 7.31. The van der Waals surface area contributed by atoms with Crippen molar-refractivity contribution in [3.63, 3.8) is 0 Å². The number of phenols is 1. The molecule has 0 bridgehead atoms. The van der Waals surface area contributed by atoms with Crippen LogP contribution in [0, 0.1) is 0 Å². The highest BCUT2D eigenvalue weighted by Gasteiger charge is 2.27. The van der Waals surface area contributed by atoms with Gasteiger partial charge in [0.1, 0.15) is 5.75 Å². The van der Waals surface area contributed by atoms with Crippen LogP contribution in [-0.2, 0) is 0 Å². The summed E-state index contributed by atoms with van der Waals surface area (Å²) in [6.45, 7) is 5.64. The van der Waals surface area contributed by atoms with Crippen molar-refractivity contribution in [3.8, 4) is 5.75 Å². The van der Waals surface area contributed by atoms with E-state index in [1.165, 1.54) is 31.2 Å². The summed E-state index contributed by atoms with van der Waals surface area (Å²) < 4.78 is 0. The molecule has 0 heterocycles. The fourth-order valence-electron chi connectivity index (χ4n) is 3.33. The number of hydrogen-bond acceptors (Lipinski definition) is 2. The van der Waals surface area contributed by atoms with Crippen LogP contribution in [0.15, 0.2) is 24.3 Å². The van der Waals surface area contributed by atoms with E-state index >= 15 is 0 Å². The molecule has 1 aliphatic rings. The third kappa shape index (κ3) is 2.86. The zero-order valence-electron chi connectivity index (χ0n) is 11.6. The Morgan fingerprint density at radius 1 is 1.17 bits per heavy atom. The number of benzene rings is 1. The second-order valence-corrected chi connectivity index (χ2v) is 5.28. The van der Waals surface area contributed by atoms with Gasteiger partial charge in [0.05, 0.1) is 0 Å². The first-order chi connectivity index (χ1) is 8.76. The van der Waals surface area contributed by atoms with Crippen molar-refractivity contribution >= 4 is 0 Å². The molecule has 2 heteroatoms. The molecular formula is C16H25NO. The summed E-state index contributed by atoms with van der Waals surface area (Å²) >= 11 is 0. The fraction of sp³-hybridized carbons (Fsp3) is 0.625. The minimum atomic E-state index is 0.359. The molecule has 1 unspecified atom stereocenters. The highest BCUT2D eigenvalue weighted by Crippen LogP contribution is 2.33. The molecule has 0 spiro atoms. The average Bonchev–Trinajstić information content (AvgIpc) is 2.91. The summed E-state index contributed by atoms with van der Waals surface area (Å²) in [5, 5.41) is 9.40. The molecule has 1 fully saturated rings. The van der Waals surface area contributed by atoms with E-state index in [-0.39, 0.29) is 0 Å². The van der Waals surface area contributed by atoms with Crippen LogP contribution in [0.1, 0.15) is 57.6 Å². The van der Waals surface area contributed by atoms with Gasteiger partial charge in [-0.15, -0.1) is 0 Å². The molecule has 2 rings (SSSR count). The van der Waals surface area contributed by atoms with Crippen molar-refractivity contribution in [2.45, 2.75) is 58.0 Å². The van der Waals surface area contributed by atoms with E-state index in [2.05, 4.69) is 30.9 Å². The monoisotopic (exact) mass is 247 g/mol. The maximum atomic E-state index is 9.40. The highest BCUT2D eigenvalue weighted by molar-refractivity contribution is 5.28. The summed E-state index contributed by atoms with van der Waals surface area (Å²) in [7, 11) is 0. The van der Waals surface area contributed by atoms with E-state index in [4.69, 9.17) is 0 Å². The lowest BCUT2D eigenvalue weighted by atomic mass is 10.00. The van der Waals surface area contributed by atoms with E-state index in [0.29, 0.717) is 11.8 Å². The molecule has 1 aromatic carbocycles. The number of hydrogen-bond donors (Lipinski definition) is 1. The summed E-state index contributed by atoms with van der Waals surface area (Å²) in [6.07, 6.45) is 6.60. The van der Waals surface area contributed by atoms with Crippen LogP contribution in [-0.4, -0.2) is 22.6 Å². The second kappa shape index (κ2) is 6.24. The van der Waals surface area contributed by atoms with Gasteiger partial charge in [-0.3, -0.25) is 4.90 Å². The highest BCUT2D eigenvalue weighted by atomic mass is 16.3. The third-order valence-corrected chi connectivity index (χ3v) is 4.22. The molecule has 0 aliphatic heterocycles. The van der Waals surface area contributed by atoms with Gasteiger partial charge in [0.15, 0.2) is 0 Å². The summed E-state index contributed by atoms with van der Waals surface area (Å²) in [5.74, 6) is 0.359. The van der Waals surface area contributed by atoms with E-state index in [9.17, 15) is 5.11 Å². The van der Waals surface area contributed by atoms with Gasteiger partial charge in [-0.05, 0) is 43.5 Å². The van der Waals surface area contributed by atoms with Gasteiger partial charge in [-0.25, -0.2) is 0 Å². The molecule has 2 nitrogen and oxygen atoms in total. The summed E-state index contributed by atoms with van der Waals surface area (Å²) in [5.41, 5.74) is 1.34. The molecule has 1 saturated carbocycles. The van der Waals surface area contributed by atoms with E-state index < -0.39 is 0 Å². The predicted molar refractivity (Wildman–Crippen MR) is 75.8 cm³/mol. The zero-order valence-corrected chi connectivity index (χ0v) is 11.6. The van der Waals surface area contributed by atoms with Crippen molar-refractivity contribution in [2.75, 3.05) is 6.54 Å². The molecule has 1 N–H and O–H groups in total. The van der Waals surface area contributed by atoms with Crippen LogP contribution in [0.25, 0.3) is 0 Å². The SMILES string of the molecule is CCC(c1ccc(O)cc1)N(CC)C1CCCC1. The Morgan fingerprint density at radius 3 is 2.28 bits per heavy atom. The maximum Gasteiger partial charge on any atom is 0.115 e. The fourth-order valence-corrected chi connectivity index (χ4v) is 3.33. The molecule has 0 aromatic heterocycles. The number of rotatable bonds is 5. The Kier molecular flexibility index (Phi) is 4.65. The minimum Gasteiger partial charge on any atom is -0.508 e. The lowest BCUT2D eigenvalue weighted by Crippen LogP contribution is -2.36. The van der Waals surface area contributed by atoms with Crippen LogP contribution in [0.2, 0.25) is 0 Å². The van der Waals surface area contributed by atoms with Gasteiger partial charge in [0.2, 0.25) is 0 Å². The van der Waals surface area contributed by atoms with Crippen LogP contribution >= 0.6 is 0 Å². The van der Waals surface area contributed by atoms with E-state index in [1.54, 1.807) is 12.1 Å². The molecule has 100 valence electrons. The lowest BCUT2D eigenvalue weighted by Gasteiger charge is -2.35. The largest absolute Gasteiger partial charge is 0.508 e. The normalized spacial score (nSPS) is 18.4. The quantitative estimate of drug-likeness (QED) is 0.846. The Morgan fingerprint density at radius 2 is 1.78 bits per heavy atom. The van der Waals surface area contributed by atoms with Gasteiger partial charge < -0.3 is 5.11 Å². The van der Waals surface area contributed by atoms with Gasteiger partial charge in [0, 0.05) is 12.1 Å². The summed E-state index contributed by atoms with van der Waals surface area (Å²) in [6, 6.07) is 9.01. The second-order valence-electron chi connectivity index (χ2n) is 5.28. The van der Waals surface area contributed by atoms with Crippen molar-refractivity contribution in [3.05, 3.63) is 29.8 Å². The van der Waals surface area contributed by atoms with E-state index in [1.807, 2.05) is 0 Å². The first-order valence-electron chi connectivity index (χ1n) is 7.31.